The Hall–Kier alpha value is 1.58. The molecule has 0 aliphatic carbocycles. The fraction of sp³-hybridized carbons (Fsp3) is 0.250. The lowest BCUT2D eigenvalue weighted by atomic mass is 10.9. The predicted molar refractivity (Wildman–Crippen MR) is 65.6 cm³/mol. The largest absolute Gasteiger partial charge is 0.135 e. The van der Waals surface area contributed by atoms with E-state index in [4.69, 9.17) is 12.2 Å². The van der Waals surface area contributed by atoms with E-state index in [1.54, 1.807) is 23.5 Å². The van der Waals surface area contributed by atoms with Gasteiger partial charge in [-0.2, -0.15) is 0 Å². The molecular weight excluding hydrogens is 240 g/mol. The van der Waals surface area contributed by atoms with Crippen LogP contribution < -0.4 is 0 Å². The van der Waals surface area contributed by atoms with Gasteiger partial charge in [0.25, 0.3) is 0 Å². The molecule has 0 fully saturated rings. The van der Waals surface area contributed by atoms with Crippen molar-refractivity contribution in [1.82, 2.24) is 0 Å². The Morgan fingerprint density at radius 3 is 1.90 bits per heavy atom. The molecule has 0 aromatic heterocycles. The first kappa shape index (κ1) is 9.67. The van der Waals surface area contributed by atoms with Gasteiger partial charge >= 0.3 is 0 Å². The fourth-order valence-corrected chi connectivity index (χ4v) is 4.28. The summed E-state index contributed by atoms with van der Waals surface area (Å²) in [5.41, 5.74) is 0. The lowest BCUT2D eigenvalue weighted by molar-refractivity contribution is 1.98. The Morgan fingerprint density at radius 2 is 1.70 bits per heavy atom. The van der Waals surface area contributed by atoms with Crippen molar-refractivity contribution < 1.29 is 0 Å². The molecule has 1 aliphatic rings. The molecule has 0 saturated heterocycles. The van der Waals surface area contributed by atoms with E-state index in [-0.39, 0.29) is 4.58 Å². The highest BCUT2D eigenvalue weighted by atomic mass is 32.2. The molecule has 0 unspecified atom stereocenters. The van der Waals surface area contributed by atoms with Gasteiger partial charge in [0, 0.05) is 0 Å². The average molecular weight is 244 g/mol. The number of rotatable bonds is 1. The molecule has 0 amide bonds. The Balaban J connectivity index is 2.59. The third kappa shape index (κ3) is 2.28. The Labute approximate surface area is 90.2 Å². The van der Waals surface area contributed by atoms with E-state index < -0.39 is 0 Å². The number of thioether (sulfide) groups is 2. The van der Waals surface area contributed by atoms with E-state index in [9.17, 15) is 0 Å². The zero-order valence-electron chi connectivity index (χ0n) is 4.64. The van der Waals surface area contributed by atoms with Gasteiger partial charge in [0.2, 0.25) is 0 Å². The standard InChI is InChI=1S/C4H4S6/c5-1(6)4-9-2(7)3(8)10-4/h4,7-8H,(H,5,6). The van der Waals surface area contributed by atoms with E-state index in [1.165, 1.54) is 0 Å². The molecule has 1 rings (SSSR count). The van der Waals surface area contributed by atoms with Crippen LogP contribution in [0.3, 0.4) is 0 Å². The van der Waals surface area contributed by atoms with Gasteiger partial charge in [0.1, 0.15) is 4.58 Å². The van der Waals surface area contributed by atoms with Gasteiger partial charge in [-0.3, -0.25) is 0 Å². The van der Waals surface area contributed by atoms with Crippen molar-refractivity contribution in [1.29, 1.82) is 0 Å². The molecule has 6 heteroatoms. The maximum Gasteiger partial charge on any atom is 0.101 e. The molecule has 1 aliphatic heterocycles. The highest BCUT2D eigenvalue weighted by molar-refractivity contribution is 8.36. The average Bonchev–Trinajstić information content (AvgIpc) is 2.13. The molecule has 0 radical (unpaired) electrons. The summed E-state index contributed by atoms with van der Waals surface area (Å²) in [5, 5.41) is 0. The smallest absolute Gasteiger partial charge is 0.101 e. The van der Waals surface area contributed by atoms with Gasteiger partial charge in [0.15, 0.2) is 0 Å². The van der Waals surface area contributed by atoms with Gasteiger partial charge in [-0.15, -0.1) is 37.9 Å². The van der Waals surface area contributed by atoms with Gasteiger partial charge in [-0.25, -0.2) is 0 Å². The van der Waals surface area contributed by atoms with Crippen LogP contribution in [0, 0.1) is 0 Å². The summed E-state index contributed by atoms with van der Waals surface area (Å²) in [6.45, 7) is 0. The Bertz CT molecular complexity index is 180. The van der Waals surface area contributed by atoms with Crippen LogP contribution >= 0.6 is 73.6 Å². The minimum Gasteiger partial charge on any atom is -0.135 e. The number of hydrogen-bond donors (Lipinski definition) is 3. The molecule has 0 N–H and O–H groups in total. The van der Waals surface area contributed by atoms with Crippen molar-refractivity contribution >= 4 is 77.8 Å². The molecule has 56 valence electrons. The lowest BCUT2D eigenvalue weighted by Gasteiger charge is -2.02. The van der Waals surface area contributed by atoms with Crippen LogP contribution in [-0.4, -0.2) is 8.78 Å². The first-order valence-electron chi connectivity index (χ1n) is 2.29. The van der Waals surface area contributed by atoms with Crippen LogP contribution in [0.15, 0.2) is 8.47 Å². The van der Waals surface area contributed by atoms with E-state index in [0.29, 0.717) is 4.20 Å². The SMILES string of the molecule is S=C(S)C1SC(S)=C(S)S1. The number of thiol groups is 3. The van der Waals surface area contributed by atoms with Crippen LogP contribution in [0.2, 0.25) is 0 Å². The van der Waals surface area contributed by atoms with E-state index >= 15 is 0 Å². The molecule has 10 heavy (non-hydrogen) atoms. The van der Waals surface area contributed by atoms with Crippen LogP contribution in [0.25, 0.3) is 0 Å². The molecule has 0 bridgehead atoms. The second-order valence-corrected chi connectivity index (χ2v) is 6.77. The van der Waals surface area contributed by atoms with Gasteiger partial charge < -0.3 is 0 Å². The zero-order valence-corrected chi connectivity index (χ0v) is 9.78. The molecule has 0 spiro atoms. The molecule has 0 saturated carbocycles. The first-order valence-corrected chi connectivity index (χ1v) is 5.80. The van der Waals surface area contributed by atoms with Gasteiger partial charge in [-0.05, 0) is 0 Å². The molecule has 0 nitrogen and oxygen atoms in total. The van der Waals surface area contributed by atoms with Crippen LogP contribution in [0.1, 0.15) is 0 Å². The maximum atomic E-state index is 4.89. The second-order valence-electron chi connectivity index (χ2n) is 1.52. The zero-order chi connectivity index (χ0) is 7.72. The molecule has 0 aromatic carbocycles. The topological polar surface area (TPSA) is 0 Å². The highest BCUT2D eigenvalue weighted by Gasteiger charge is 2.23. The van der Waals surface area contributed by atoms with Crippen LogP contribution in [0.5, 0.6) is 0 Å². The van der Waals surface area contributed by atoms with Crippen molar-refractivity contribution in [2.24, 2.45) is 0 Å². The van der Waals surface area contributed by atoms with Gasteiger partial charge in [0.05, 0.1) is 12.7 Å². The van der Waals surface area contributed by atoms with E-state index in [1.807, 2.05) is 0 Å². The molecule has 0 aromatic rings. The van der Waals surface area contributed by atoms with Crippen molar-refractivity contribution in [3.8, 4) is 0 Å². The molecule has 0 atom stereocenters. The molecule has 1 heterocycles. The summed E-state index contributed by atoms with van der Waals surface area (Å²) in [6, 6.07) is 0. The quantitative estimate of drug-likeness (QED) is 0.479. The minimum absolute atomic E-state index is 0.221. The summed E-state index contributed by atoms with van der Waals surface area (Å²) >= 11 is 20.5. The van der Waals surface area contributed by atoms with Crippen LogP contribution in [0.4, 0.5) is 0 Å². The first-order chi connectivity index (χ1) is 4.61. The summed E-state index contributed by atoms with van der Waals surface area (Å²) in [4.78, 5) is 0. The summed E-state index contributed by atoms with van der Waals surface area (Å²) in [5.74, 6) is 0. The Morgan fingerprint density at radius 1 is 1.30 bits per heavy atom. The normalized spacial score (nSPS) is 20.3. The minimum atomic E-state index is 0.221. The van der Waals surface area contributed by atoms with E-state index in [0.717, 1.165) is 8.47 Å². The Kier molecular flexibility index (Phi) is 3.87. The van der Waals surface area contributed by atoms with Crippen molar-refractivity contribution in [3.63, 3.8) is 0 Å². The summed E-state index contributed by atoms with van der Waals surface area (Å²) in [6.07, 6.45) is 0. The monoisotopic (exact) mass is 244 g/mol. The number of hydrogen-bond acceptors (Lipinski definition) is 5. The lowest BCUT2D eigenvalue weighted by Crippen LogP contribution is -1.98. The third-order valence-electron chi connectivity index (χ3n) is 0.822. The highest BCUT2D eigenvalue weighted by Crippen LogP contribution is 2.49. The van der Waals surface area contributed by atoms with Crippen molar-refractivity contribution in [2.45, 2.75) is 4.58 Å². The third-order valence-corrected chi connectivity index (χ3v) is 5.98. The number of thiocarbonyl (C=S) groups is 1. The van der Waals surface area contributed by atoms with Crippen molar-refractivity contribution in [2.75, 3.05) is 0 Å². The van der Waals surface area contributed by atoms with Crippen molar-refractivity contribution in [3.05, 3.63) is 8.47 Å². The fourth-order valence-electron chi connectivity index (χ4n) is 0.428. The summed E-state index contributed by atoms with van der Waals surface area (Å²) < 4.78 is 2.80. The maximum absolute atomic E-state index is 4.89. The van der Waals surface area contributed by atoms with E-state index in [2.05, 4.69) is 37.9 Å². The predicted octanol–water partition coefficient (Wildman–Crippen LogP) is 3.04. The summed E-state index contributed by atoms with van der Waals surface area (Å²) in [7, 11) is 0. The second kappa shape index (κ2) is 4.00. The van der Waals surface area contributed by atoms with Gasteiger partial charge in [-0.1, -0.05) is 35.7 Å². The van der Waals surface area contributed by atoms with Crippen LogP contribution in [-0.2, 0) is 0 Å². The molecular formula is C4H4S6.